The van der Waals surface area contributed by atoms with E-state index in [0.29, 0.717) is 6.42 Å². The Morgan fingerprint density at radius 2 is 1.56 bits per heavy atom. The Morgan fingerprint density at radius 3 is 2.04 bits per heavy atom. The molecular formula is C15H26N4O6. The predicted molar refractivity (Wildman–Crippen MR) is 87.5 cm³/mol. The van der Waals surface area contributed by atoms with Gasteiger partial charge in [0.25, 0.3) is 0 Å². The van der Waals surface area contributed by atoms with Gasteiger partial charge in [-0.15, -0.1) is 0 Å². The van der Waals surface area contributed by atoms with Crippen LogP contribution in [0.3, 0.4) is 0 Å². The fraction of sp³-hybridized carbons (Fsp3) is 0.733. The Hall–Kier alpha value is -2.20. The van der Waals surface area contributed by atoms with Gasteiger partial charge >= 0.3 is 5.97 Å². The van der Waals surface area contributed by atoms with E-state index in [2.05, 4.69) is 21.3 Å². The zero-order chi connectivity index (χ0) is 19.1. The summed E-state index contributed by atoms with van der Waals surface area (Å²) in [6.07, 6.45) is 0.306. The molecule has 0 aliphatic carbocycles. The zero-order valence-electron chi connectivity index (χ0n) is 14.5. The standard InChI is InChI=1S/C15H26N4O6/c1-7(18-14(23)10-5-4-6-16-10)12(21)17-8(2)13(22)19-11(9(3)20)15(24)25/h7-11,16,20H,4-6H2,1-3H3,(H,17,21)(H,18,23)(H,19,22)(H,24,25). The number of aliphatic hydroxyl groups is 1. The molecule has 0 radical (unpaired) electrons. The number of carboxylic acid groups (broad SMARTS) is 1. The number of nitrogens with one attached hydrogen (secondary N) is 4. The Kier molecular flexibility index (Phi) is 7.78. The summed E-state index contributed by atoms with van der Waals surface area (Å²) in [5, 5.41) is 28.4. The first-order valence-corrected chi connectivity index (χ1v) is 8.18. The van der Waals surface area contributed by atoms with E-state index in [4.69, 9.17) is 5.11 Å². The molecule has 1 saturated heterocycles. The lowest BCUT2D eigenvalue weighted by atomic mass is 10.1. The minimum atomic E-state index is -1.47. The second kappa shape index (κ2) is 9.33. The van der Waals surface area contributed by atoms with E-state index in [1.54, 1.807) is 0 Å². The van der Waals surface area contributed by atoms with Crippen LogP contribution in [0, 0.1) is 0 Å². The Morgan fingerprint density at radius 1 is 1.00 bits per heavy atom. The highest BCUT2D eigenvalue weighted by Gasteiger charge is 2.29. The quantitative estimate of drug-likeness (QED) is 0.285. The van der Waals surface area contributed by atoms with Crippen molar-refractivity contribution in [1.29, 1.82) is 0 Å². The van der Waals surface area contributed by atoms with Crippen LogP contribution in [-0.4, -0.2) is 70.7 Å². The molecule has 1 aliphatic heterocycles. The monoisotopic (exact) mass is 358 g/mol. The summed E-state index contributed by atoms with van der Waals surface area (Å²) in [6, 6.07) is -3.68. The van der Waals surface area contributed by atoms with Gasteiger partial charge in [-0.1, -0.05) is 0 Å². The van der Waals surface area contributed by atoms with E-state index < -0.39 is 42.0 Å². The van der Waals surface area contributed by atoms with Gasteiger partial charge in [0.05, 0.1) is 12.1 Å². The number of aliphatic carboxylic acids is 1. The van der Waals surface area contributed by atoms with Gasteiger partial charge in [-0.2, -0.15) is 0 Å². The number of amides is 3. The molecule has 3 amide bonds. The van der Waals surface area contributed by atoms with E-state index in [1.807, 2.05) is 0 Å². The maximum absolute atomic E-state index is 12.1. The van der Waals surface area contributed by atoms with Gasteiger partial charge in [0.1, 0.15) is 12.1 Å². The van der Waals surface area contributed by atoms with Crippen LogP contribution in [-0.2, 0) is 19.2 Å². The number of hydrogen-bond donors (Lipinski definition) is 6. The molecule has 142 valence electrons. The Bertz CT molecular complexity index is 518. The number of carbonyl (C=O) groups excluding carboxylic acids is 3. The van der Waals surface area contributed by atoms with Crippen molar-refractivity contribution in [3.63, 3.8) is 0 Å². The van der Waals surface area contributed by atoms with E-state index in [9.17, 15) is 24.3 Å². The Balaban J connectivity index is 2.49. The molecule has 5 atom stereocenters. The van der Waals surface area contributed by atoms with Gasteiger partial charge in [-0.3, -0.25) is 14.4 Å². The molecule has 0 saturated carbocycles. The number of rotatable bonds is 8. The molecule has 1 fully saturated rings. The van der Waals surface area contributed by atoms with Gasteiger partial charge < -0.3 is 31.5 Å². The molecule has 1 aliphatic rings. The van der Waals surface area contributed by atoms with E-state index in [1.165, 1.54) is 20.8 Å². The van der Waals surface area contributed by atoms with Crippen LogP contribution in [0.2, 0.25) is 0 Å². The summed E-state index contributed by atoms with van der Waals surface area (Å²) < 4.78 is 0. The van der Waals surface area contributed by atoms with Crippen molar-refractivity contribution in [1.82, 2.24) is 21.3 Å². The molecule has 0 bridgehead atoms. The average Bonchev–Trinajstić information content (AvgIpc) is 3.05. The summed E-state index contributed by atoms with van der Waals surface area (Å²) in [4.78, 5) is 46.9. The molecule has 0 spiro atoms. The van der Waals surface area contributed by atoms with Gasteiger partial charge in [-0.05, 0) is 40.2 Å². The third kappa shape index (κ3) is 6.31. The largest absolute Gasteiger partial charge is 0.480 e. The van der Waals surface area contributed by atoms with Gasteiger partial charge in [0.15, 0.2) is 6.04 Å². The minimum absolute atomic E-state index is 0.280. The highest BCUT2D eigenvalue weighted by atomic mass is 16.4. The summed E-state index contributed by atoms with van der Waals surface area (Å²) in [5.74, 6) is -2.99. The number of aliphatic hydroxyl groups excluding tert-OH is 1. The van der Waals surface area contributed by atoms with Crippen LogP contribution in [0.25, 0.3) is 0 Å². The normalized spacial score (nSPS) is 21.5. The number of hydrogen-bond acceptors (Lipinski definition) is 6. The summed E-state index contributed by atoms with van der Waals surface area (Å²) >= 11 is 0. The molecule has 6 N–H and O–H groups in total. The van der Waals surface area contributed by atoms with E-state index >= 15 is 0 Å². The van der Waals surface area contributed by atoms with Gasteiger partial charge in [0.2, 0.25) is 17.7 Å². The first-order valence-electron chi connectivity index (χ1n) is 8.18. The fourth-order valence-electron chi connectivity index (χ4n) is 2.36. The van der Waals surface area contributed by atoms with Crippen LogP contribution >= 0.6 is 0 Å². The molecule has 1 heterocycles. The molecule has 10 nitrogen and oxygen atoms in total. The maximum Gasteiger partial charge on any atom is 0.328 e. The molecule has 0 aromatic rings. The highest BCUT2D eigenvalue weighted by Crippen LogP contribution is 2.05. The molecule has 1 rings (SSSR count). The van der Waals surface area contributed by atoms with Gasteiger partial charge in [0, 0.05) is 0 Å². The van der Waals surface area contributed by atoms with E-state index in [0.717, 1.165) is 13.0 Å². The van der Waals surface area contributed by atoms with E-state index in [-0.39, 0.29) is 11.9 Å². The van der Waals surface area contributed by atoms with Crippen molar-refractivity contribution >= 4 is 23.7 Å². The lowest BCUT2D eigenvalue weighted by Crippen LogP contribution is -2.56. The fourth-order valence-corrected chi connectivity index (χ4v) is 2.36. The topological polar surface area (TPSA) is 157 Å². The van der Waals surface area contributed by atoms with Crippen LogP contribution in [0.4, 0.5) is 0 Å². The third-order valence-electron chi connectivity index (χ3n) is 3.93. The molecule has 0 aromatic heterocycles. The van der Waals surface area contributed by atoms with Gasteiger partial charge in [-0.25, -0.2) is 4.79 Å². The number of carbonyl (C=O) groups is 4. The average molecular weight is 358 g/mol. The number of carboxylic acids is 1. The van der Waals surface area contributed by atoms with Crippen molar-refractivity contribution in [2.24, 2.45) is 0 Å². The lowest BCUT2D eigenvalue weighted by molar-refractivity contribution is -0.145. The first kappa shape index (κ1) is 20.8. The minimum Gasteiger partial charge on any atom is -0.480 e. The molecular weight excluding hydrogens is 332 g/mol. The van der Waals surface area contributed by atoms with Crippen molar-refractivity contribution < 1.29 is 29.4 Å². The molecule has 5 unspecified atom stereocenters. The zero-order valence-corrected chi connectivity index (χ0v) is 14.5. The SMILES string of the molecule is CC(NC(=O)C(C)NC(=O)C1CCCN1)C(=O)NC(C(=O)O)C(C)O. The van der Waals surface area contributed by atoms with Crippen molar-refractivity contribution in [3.05, 3.63) is 0 Å². The first-order chi connectivity index (χ1) is 11.6. The van der Waals surface area contributed by atoms with Crippen LogP contribution in [0.15, 0.2) is 0 Å². The van der Waals surface area contributed by atoms with Crippen molar-refractivity contribution in [2.45, 2.75) is 63.9 Å². The maximum atomic E-state index is 12.1. The van der Waals surface area contributed by atoms with Crippen LogP contribution in [0.1, 0.15) is 33.6 Å². The second-order valence-corrected chi connectivity index (χ2v) is 6.17. The van der Waals surface area contributed by atoms with Crippen LogP contribution < -0.4 is 21.3 Å². The molecule has 0 aromatic carbocycles. The Labute approximate surface area is 145 Å². The van der Waals surface area contributed by atoms with Crippen molar-refractivity contribution in [2.75, 3.05) is 6.54 Å². The van der Waals surface area contributed by atoms with Crippen molar-refractivity contribution in [3.8, 4) is 0 Å². The smallest absolute Gasteiger partial charge is 0.328 e. The lowest BCUT2D eigenvalue weighted by Gasteiger charge is -2.22. The summed E-state index contributed by atoms with van der Waals surface area (Å²) in [5.41, 5.74) is 0. The predicted octanol–water partition coefficient (Wildman–Crippen LogP) is -2.30. The second-order valence-electron chi connectivity index (χ2n) is 6.17. The van der Waals surface area contributed by atoms with Crippen LogP contribution in [0.5, 0.6) is 0 Å². The third-order valence-corrected chi connectivity index (χ3v) is 3.93. The molecule has 25 heavy (non-hydrogen) atoms. The highest BCUT2D eigenvalue weighted by molar-refractivity contribution is 5.93. The summed E-state index contributed by atoms with van der Waals surface area (Å²) in [7, 11) is 0. The summed E-state index contributed by atoms with van der Waals surface area (Å²) in [6.45, 7) is 4.85. The molecule has 10 heteroatoms.